The first kappa shape index (κ1) is 7.87. The van der Waals surface area contributed by atoms with Crippen molar-refractivity contribution < 1.29 is 9.09 Å². The molecule has 2 nitrogen and oxygen atoms in total. The van der Waals surface area contributed by atoms with Gasteiger partial charge in [-0.3, -0.25) is 4.57 Å². The molecule has 1 aliphatic rings. The maximum Gasteiger partial charge on any atom is 0.253 e. The molecule has 1 atom stereocenters. The molecule has 10 heavy (non-hydrogen) atoms. The summed E-state index contributed by atoms with van der Waals surface area (Å²) in [5, 5.41) is -0.267. The molecule has 0 fully saturated rings. The lowest BCUT2D eigenvalue weighted by Gasteiger charge is -2.20. The second kappa shape index (κ2) is 1.88. The average molecular weight is 160 g/mol. The van der Waals surface area contributed by atoms with Crippen LogP contribution in [-0.4, -0.2) is 11.8 Å². The molecule has 1 aliphatic heterocycles. The third-order valence-electron chi connectivity index (χ3n) is 1.92. The fourth-order valence-electron chi connectivity index (χ4n) is 1.03. The summed E-state index contributed by atoms with van der Waals surface area (Å²) < 4.78 is 16.8. The Hall–Kier alpha value is -0.230. The molecular formula is C7H13O2P. The van der Waals surface area contributed by atoms with E-state index in [1.807, 2.05) is 26.8 Å². The molecule has 58 valence electrons. The minimum absolute atomic E-state index is 0.267. The second-order valence-electron chi connectivity index (χ2n) is 3.35. The Kier molecular flexibility index (Phi) is 1.48. The van der Waals surface area contributed by atoms with Crippen molar-refractivity contribution in [1.29, 1.82) is 0 Å². The lowest BCUT2D eigenvalue weighted by molar-refractivity contribution is 0.417. The summed E-state index contributed by atoms with van der Waals surface area (Å²) in [4.78, 5) is 0. The van der Waals surface area contributed by atoms with Crippen LogP contribution < -0.4 is 0 Å². The van der Waals surface area contributed by atoms with E-state index in [1.54, 1.807) is 6.66 Å². The van der Waals surface area contributed by atoms with Crippen LogP contribution in [0.2, 0.25) is 0 Å². The van der Waals surface area contributed by atoms with E-state index in [0.29, 0.717) is 0 Å². The van der Waals surface area contributed by atoms with Crippen LogP contribution in [0, 0.1) is 0 Å². The van der Waals surface area contributed by atoms with Crippen molar-refractivity contribution >= 4 is 7.37 Å². The maximum absolute atomic E-state index is 11.6. The van der Waals surface area contributed by atoms with Gasteiger partial charge in [0.15, 0.2) is 0 Å². The van der Waals surface area contributed by atoms with E-state index in [0.717, 1.165) is 5.76 Å². The lowest BCUT2D eigenvalue weighted by Crippen LogP contribution is -2.11. The molecule has 0 spiro atoms. The van der Waals surface area contributed by atoms with Crippen LogP contribution in [0.1, 0.15) is 20.8 Å². The van der Waals surface area contributed by atoms with E-state index < -0.39 is 7.37 Å². The van der Waals surface area contributed by atoms with Crippen molar-refractivity contribution in [3.05, 3.63) is 11.8 Å². The summed E-state index contributed by atoms with van der Waals surface area (Å²) in [6, 6.07) is 0. The highest BCUT2D eigenvalue weighted by atomic mass is 31.2. The zero-order valence-corrected chi connectivity index (χ0v) is 7.74. The zero-order chi connectivity index (χ0) is 7.99. The normalized spacial score (nSPS) is 37.0. The first-order valence-corrected chi connectivity index (χ1v) is 5.39. The Morgan fingerprint density at radius 2 is 2.10 bits per heavy atom. The van der Waals surface area contributed by atoms with E-state index >= 15 is 0 Å². The molecule has 0 radical (unpaired) electrons. The van der Waals surface area contributed by atoms with Crippen molar-refractivity contribution in [1.82, 2.24) is 0 Å². The fraction of sp³-hybridized carbons (Fsp3) is 0.714. The molecule has 0 aromatic rings. The van der Waals surface area contributed by atoms with E-state index in [4.69, 9.17) is 4.52 Å². The van der Waals surface area contributed by atoms with Crippen LogP contribution in [0.4, 0.5) is 0 Å². The fourth-order valence-corrected chi connectivity index (χ4v) is 2.29. The molecule has 1 unspecified atom stereocenters. The first-order chi connectivity index (χ1) is 4.35. The molecule has 3 heteroatoms. The highest BCUT2D eigenvalue weighted by Gasteiger charge is 2.41. The quantitative estimate of drug-likeness (QED) is 0.509. The van der Waals surface area contributed by atoms with Crippen molar-refractivity contribution in [3.63, 3.8) is 0 Å². The topological polar surface area (TPSA) is 26.3 Å². The number of rotatable bonds is 0. The van der Waals surface area contributed by atoms with Gasteiger partial charge in [-0.25, -0.2) is 0 Å². The standard InChI is InChI=1S/C7H13O2P/c1-6-5-7(2,3)10(4,8)9-6/h5H,1-4H3. The van der Waals surface area contributed by atoms with E-state index in [2.05, 4.69) is 0 Å². The van der Waals surface area contributed by atoms with Gasteiger partial charge in [-0.15, -0.1) is 0 Å². The molecule has 0 aliphatic carbocycles. The summed E-state index contributed by atoms with van der Waals surface area (Å²) >= 11 is 0. The highest BCUT2D eigenvalue weighted by molar-refractivity contribution is 7.60. The SMILES string of the molecule is CC1=CC(C)(C)P(C)(=O)O1. The Morgan fingerprint density at radius 1 is 1.60 bits per heavy atom. The predicted molar refractivity (Wildman–Crippen MR) is 42.5 cm³/mol. The van der Waals surface area contributed by atoms with Gasteiger partial charge in [-0.05, 0) is 26.8 Å². The molecule has 0 N–H and O–H groups in total. The van der Waals surface area contributed by atoms with Crippen LogP contribution >= 0.6 is 7.37 Å². The van der Waals surface area contributed by atoms with Crippen LogP contribution in [0.3, 0.4) is 0 Å². The van der Waals surface area contributed by atoms with Crippen LogP contribution in [0.15, 0.2) is 11.8 Å². The third-order valence-corrected chi connectivity index (χ3v) is 4.78. The zero-order valence-electron chi connectivity index (χ0n) is 6.84. The van der Waals surface area contributed by atoms with Gasteiger partial charge in [0.25, 0.3) is 7.37 Å². The minimum Gasteiger partial charge on any atom is -0.448 e. The van der Waals surface area contributed by atoms with Gasteiger partial charge in [0.2, 0.25) is 0 Å². The van der Waals surface area contributed by atoms with Gasteiger partial charge in [0, 0.05) is 6.66 Å². The second-order valence-corrected chi connectivity index (χ2v) is 6.37. The Balaban J connectivity index is 3.04. The van der Waals surface area contributed by atoms with Crippen molar-refractivity contribution in [2.24, 2.45) is 0 Å². The molecule has 0 saturated carbocycles. The molecular weight excluding hydrogens is 147 g/mol. The van der Waals surface area contributed by atoms with Gasteiger partial charge in [0.05, 0.1) is 10.9 Å². The Morgan fingerprint density at radius 3 is 2.20 bits per heavy atom. The van der Waals surface area contributed by atoms with Crippen molar-refractivity contribution in [2.45, 2.75) is 25.9 Å². The summed E-state index contributed by atoms with van der Waals surface area (Å²) in [6.07, 6.45) is 1.92. The Bertz CT molecular complexity index is 228. The smallest absolute Gasteiger partial charge is 0.253 e. The maximum atomic E-state index is 11.6. The molecule has 1 rings (SSSR count). The molecule has 0 aromatic heterocycles. The molecule has 1 heterocycles. The number of hydrogen-bond donors (Lipinski definition) is 0. The van der Waals surface area contributed by atoms with E-state index in [9.17, 15) is 4.57 Å². The molecule has 0 amide bonds. The van der Waals surface area contributed by atoms with Gasteiger partial charge in [0.1, 0.15) is 0 Å². The monoisotopic (exact) mass is 160 g/mol. The summed E-state index contributed by atoms with van der Waals surface area (Å²) in [5.41, 5.74) is 0. The van der Waals surface area contributed by atoms with Crippen LogP contribution in [0.5, 0.6) is 0 Å². The summed E-state index contributed by atoms with van der Waals surface area (Å²) in [5.74, 6) is 0.788. The largest absolute Gasteiger partial charge is 0.448 e. The third kappa shape index (κ3) is 1.01. The van der Waals surface area contributed by atoms with E-state index in [1.165, 1.54) is 0 Å². The lowest BCUT2D eigenvalue weighted by atomic mass is 10.2. The van der Waals surface area contributed by atoms with Crippen LogP contribution in [0.25, 0.3) is 0 Å². The highest BCUT2D eigenvalue weighted by Crippen LogP contribution is 2.62. The molecule has 0 saturated heterocycles. The van der Waals surface area contributed by atoms with Gasteiger partial charge in [-0.2, -0.15) is 0 Å². The van der Waals surface area contributed by atoms with Crippen LogP contribution in [-0.2, 0) is 9.09 Å². The molecule has 0 aromatic carbocycles. The first-order valence-electron chi connectivity index (χ1n) is 3.32. The van der Waals surface area contributed by atoms with Crippen molar-refractivity contribution in [2.75, 3.05) is 6.66 Å². The summed E-state index contributed by atoms with van der Waals surface area (Å²) in [7, 11) is -2.39. The van der Waals surface area contributed by atoms with E-state index in [-0.39, 0.29) is 5.16 Å². The number of allylic oxidation sites excluding steroid dienone is 2. The predicted octanol–water partition coefficient (Wildman–Crippen LogP) is 2.61. The number of hydrogen-bond acceptors (Lipinski definition) is 2. The average Bonchev–Trinajstić information content (AvgIpc) is 1.73. The van der Waals surface area contributed by atoms with Gasteiger partial charge in [-0.1, -0.05) is 0 Å². The van der Waals surface area contributed by atoms with Crippen molar-refractivity contribution in [3.8, 4) is 0 Å². The van der Waals surface area contributed by atoms with Gasteiger partial charge >= 0.3 is 0 Å². The molecule has 0 bridgehead atoms. The summed E-state index contributed by atoms with van der Waals surface area (Å²) in [6.45, 7) is 7.39. The van der Waals surface area contributed by atoms with Gasteiger partial charge < -0.3 is 4.52 Å². The Labute approximate surface area is 61.7 Å². The minimum atomic E-state index is -2.39.